The minimum atomic E-state index is -0.891. The van der Waals surface area contributed by atoms with E-state index in [4.69, 9.17) is 14.2 Å². The van der Waals surface area contributed by atoms with Crippen molar-refractivity contribution in [3.05, 3.63) is 98.0 Å². The van der Waals surface area contributed by atoms with Gasteiger partial charge in [0.05, 0.1) is 43.0 Å². The van der Waals surface area contributed by atoms with E-state index in [9.17, 15) is 24.0 Å². The molecule has 2 aliphatic rings. The van der Waals surface area contributed by atoms with E-state index in [1.807, 2.05) is 19.1 Å². The molecular weight excluding hydrogens is 643 g/mol. The first kappa shape index (κ1) is 32.1. The smallest absolute Gasteiger partial charge is 0.338 e. The molecule has 13 heteroatoms. The number of hydrogen-bond donors (Lipinski definition) is 1. The second-order valence-electron chi connectivity index (χ2n) is 11.0. The molecule has 4 aromatic rings. The highest BCUT2D eigenvalue weighted by atomic mass is 32.2. The number of imide groups is 1. The van der Waals surface area contributed by atoms with Crippen LogP contribution in [0.4, 0.5) is 11.4 Å². The van der Waals surface area contributed by atoms with Crippen molar-refractivity contribution >= 4 is 58.2 Å². The molecule has 0 unspecified atom stereocenters. The molecule has 0 radical (unpaired) electrons. The maximum absolute atomic E-state index is 14.2. The second-order valence-corrected chi connectivity index (χ2v) is 13.1. The van der Waals surface area contributed by atoms with E-state index >= 15 is 0 Å². The van der Waals surface area contributed by atoms with Gasteiger partial charge in [-0.1, -0.05) is 46.9 Å². The fraction of sp³-hybridized carbons (Fsp3) is 0.265. The van der Waals surface area contributed by atoms with Gasteiger partial charge in [-0.15, -0.1) is 0 Å². The van der Waals surface area contributed by atoms with Gasteiger partial charge in [0, 0.05) is 16.5 Å². The van der Waals surface area contributed by atoms with Crippen LogP contribution in [-0.4, -0.2) is 54.3 Å². The van der Waals surface area contributed by atoms with Gasteiger partial charge in [-0.2, -0.15) is 0 Å². The van der Waals surface area contributed by atoms with E-state index in [1.54, 1.807) is 37.3 Å². The molecule has 242 valence electrons. The standard InChI is InChI=1S/C34H31N3O8S2/c1-5-45-33(41)19-8-13-22(14-9-19)37-30(39)27-26(20-10-15-23(43-3)24(16-20)44-4)29-32(46-28(27)31(37)40)36(34(42)47-29)17-25(38)35-21-11-6-18(2)7-12-21/h6-16,26-28H,5,17H2,1-4H3,(H,35,38)/t26-,27-,28+/m0/s1. The van der Waals surface area contributed by atoms with Crippen LogP contribution in [0, 0.1) is 12.8 Å². The van der Waals surface area contributed by atoms with Gasteiger partial charge in [-0.3, -0.25) is 23.7 Å². The van der Waals surface area contributed by atoms with Crippen molar-refractivity contribution in [3.8, 4) is 11.5 Å². The molecule has 2 aliphatic heterocycles. The third-order valence-corrected chi connectivity index (χ3v) is 10.7. The average molecular weight is 674 g/mol. The summed E-state index contributed by atoms with van der Waals surface area (Å²) in [5, 5.41) is 2.40. The first-order chi connectivity index (χ1) is 22.6. The highest BCUT2D eigenvalue weighted by molar-refractivity contribution is 8.00. The van der Waals surface area contributed by atoms with Crippen molar-refractivity contribution in [2.75, 3.05) is 31.0 Å². The number of amides is 3. The number of esters is 1. The van der Waals surface area contributed by atoms with Crippen LogP contribution < -0.4 is 24.6 Å². The van der Waals surface area contributed by atoms with E-state index < -0.39 is 40.8 Å². The Kier molecular flexibility index (Phi) is 8.93. The number of rotatable bonds is 9. The van der Waals surface area contributed by atoms with Crippen molar-refractivity contribution < 1.29 is 33.4 Å². The zero-order chi connectivity index (χ0) is 33.4. The lowest BCUT2D eigenvalue weighted by molar-refractivity contribution is -0.122. The lowest BCUT2D eigenvalue weighted by atomic mass is 9.83. The predicted molar refractivity (Wildman–Crippen MR) is 178 cm³/mol. The van der Waals surface area contributed by atoms with Crippen LogP contribution in [0.15, 0.2) is 76.6 Å². The molecular formula is C34H31N3O8S2. The van der Waals surface area contributed by atoms with Crippen LogP contribution in [0.2, 0.25) is 0 Å². The maximum atomic E-state index is 14.2. The summed E-state index contributed by atoms with van der Waals surface area (Å²) in [6.07, 6.45) is 0. The van der Waals surface area contributed by atoms with Gasteiger partial charge in [-0.25, -0.2) is 9.69 Å². The number of carbonyl (C=O) groups excluding carboxylic acids is 4. The van der Waals surface area contributed by atoms with Crippen LogP contribution in [0.3, 0.4) is 0 Å². The molecule has 3 aromatic carbocycles. The number of nitrogens with zero attached hydrogens (tertiary/aromatic N) is 2. The lowest BCUT2D eigenvalue weighted by Crippen LogP contribution is -2.33. The molecule has 3 amide bonds. The summed E-state index contributed by atoms with van der Waals surface area (Å²) in [4.78, 5) is 68.5. The Hall–Kier alpha value is -4.88. The van der Waals surface area contributed by atoms with Crippen molar-refractivity contribution in [2.24, 2.45) is 5.92 Å². The number of anilines is 2. The number of thiazole rings is 1. The Bertz CT molecular complexity index is 1930. The third kappa shape index (κ3) is 5.92. The zero-order valence-electron chi connectivity index (χ0n) is 26.0. The molecule has 1 saturated heterocycles. The minimum absolute atomic E-state index is 0.213. The van der Waals surface area contributed by atoms with Gasteiger partial charge >= 0.3 is 10.8 Å². The number of ether oxygens (including phenoxy) is 3. The SMILES string of the molecule is CCOC(=O)c1ccc(N2C(=O)[C@H]3[C@H](c4ccc(OC)c(OC)c4)c4sc(=O)n(CC(=O)Nc5ccc(C)cc5)c4S[C@H]3C2=O)cc1. The Morgan fingerprint density at radius 3 is 2.26 bits per heavy atom. The number of benzene rings is 3. The van der Waals surface area contributed by atoms with Gasteiger partial charge in [-0.05, 0) is 67.9 Å². The summed E-state index contributed by atoms with van der Waals surface area (Å²) in [6, 6.07) is 18.6. The minimum Gasteiger partial charge on any atom is -0.493 e. The summed E-state index contributed by atoms with van der Waals surface area (Å²) >= 11 is 2.07. The molecule has 3 heterocycles. The number of aryl methyl sites for hydroxylation is 1. The van der Waals surface area contributed by atoms with E-state index in [0.29, 0.717) is 43.9 Å². The van der Waals surface area contributed by atoms with Gasteiger partial charge in [0.25, 0.3) is 0 Å². The molecule has 1 N–H and O–H groups in total. The monoisotopic (exact) mass is 673 g/mol. The normalized spacial score (nSPS) is 18.4. The van der Waals surface area contributed by atoms with Crippen LogP contribution in [0.25, 0.3) is 0 Å². The Labute approximate surface area is 278 Å². The molecule has 1 fully saturated rings. The number of hydrogen-bond acceptors (Lipinski definition) is 10. The summed E-state index contributed by atoms with van der Waals surface area (Å²) in [5.74, 6) is -2.47. The molecule has 1 aromatic heterocycles. The second kappa shape index (κ2) is 13.1. The zero-order valence-corrected chi connectivity index (χ0v) is 27.6. The Balaban J connectivity index is 1.40. The van der Waals surface area contributed by atoms with E-state index in [-0.39, 0.29) is 18.0 Å². The number of carbonyl (C=O) groups is 4. The molecule has 0 spiro atoms. The molecule has 11 nitrogen and oxygen atoms in total. The van der Waals surface area contributed by atoms with Crippen molar-refractivity contribution in [2.45, 2.75) is 36.6 Å². The van der Waals surface area contributed by atoms with E-state index in [2.05, 4.69) is 5.32 Å². The fourth-order valence-corrected chi connectivity index (χ4v) is 8.63. The fourth-order valence-electron chi connectivity index (χ4n) is 5.86. The van der Waals surface area contributed by atoms with Crippen LogP contribution in [0.5, 0.6) is 11.5 Å². The summed E-state index contributed by atoms with van der Waals surface area (Å²) < 4.78 is 17.4. The van der Waals surface area contributed by atoms with E-state index in [0.717, 1.165) is 33.6 Å². The first-order valence-corrected chi connectivity index (χ1v) is 16.5. The Morgan fingerprint density at radius 2 is 1.60 bits per heavy atom. The topological polar surface area (TPSA) is 133 Å². The molecule has 0 aliphatic carbocycles. The Morgan fingerprint density at radius 1 is 0.894 bits per heavy atom. The van der Waals surface area contributed by atoms with Crippen molar-refractivity contribution in [1.82, 2.24) is 4.57 Å². The largest absolute Gasteiger partial charge is 0.493 e. The maximum Gasteiger partial charge on any atom is 0.338 e. The van der Waals surface area contributed by atoms with Gasteiger partial charge in [0.15, 0.2) is 11.5 Å². The van der Waals surface area contributed by atoms with Crippen LogP contribution >= 0.6 is 23.1 Å². The van der Waals surface area contributed by atoms with Gasteiger partial charge < -0.3 is 19.5 Å². The van der Waals surface area contributed by atoms with Gasteiger partial charge in [0.2, 0.25) is 17.7 Å². The van der Waals surface area contributed by atoms with Crippen LogP contribution in [-0.2, 0) is 25.7 Å². The molecule has 3 atom stereocenters. The summed E-state index contributed by atoms with van der Waals surface area (Å²) in [5.41, 5.74) is 2.89. The van der Waals surface area contributed by atoms with E-state index in [1.165, 1.54) is 43.1 Å². The summed E-state index contributed by atoms with van der Waals surface area (Å²) in [7, 11) is 3.01. The number of thioether (sulfide) groups is 1. The predicted octanol–water partition coefficient (Wildman–Crippen LogP) is 4.85. The average Bonchev–Trinajstić information content (AvgIpc) is 3.51. The molecule has 6 rings (SSSR count). The number of aromatic nitrogens is 1. The first-order valence-electron chi connectivity index (χ1n) is 14.8. The highest BCUT2D eigenvalue weighted by Crippen LogP contribution is 2.54. The van der Waals surface area contributed by atoms with Gasteiger partial charge in [0.1, 0.15) is 11.8 Å². The van der Waals surface area contributed by atoms with Crippen LogP contribution in [0.1, 0.15) is 39.2 Å². The molecule has 47 heavy (non-hydrogen) atoms. The van der Waals surface area contributed by atoms with Crippen molar-refractivity contribution in [3.63, 3.8) is 0 Å². The highest BCUT2D eigenvalue weighted by Gasteiger charge is 2.57. The number of nitrogens with one attached hydrogen (secondary N) is 1. The number of methoxy groups -OCH3 is 2. The lowest BCUT2D eigenvalue weighted by Gasteiger charge is -2.31. The third-order valence-electron chi connectivity index (χ3n) is 8.09. The molecule has 0 bridgehead atoms. The molecule has 0 saturated carbocycles. The quantitative estimate of drug-likeness (QED) is 0.196. The van der Waals surface area contributed by atoms with Crippen molar-refractivity contribution in [1.29, 1.82) is 0 Å². The number of fused-ring (bicyclic) bond motifs is 2. The summed E-state index contributed by atoms with van der Waals surface area (Å²) in [6.45, 7) is 3.58.